The van der Waals surface area contributed by atoms with Gasteiger partial charge >= 0.3 is 6.36 Å². The van der Waals surface area contributed by atoms with Gasteiger partial charge in [0.15, 0.2) is 5.75 Å². The van der Waals surface area contributed by atoms with Crippen LogP contribution >= 0.6 is 15.9 Å². The van der Waals surface area contributed by atoms with Gasteiger partial charge in [-0.25, -0.2) is 0 Å². The SMILES string of the molecule is Nc1ccc(N)c(OC(F)(F)F)c1Br. The molecule has 1 aromatic carbocycles. The van der Waals surface area contributed by atoms with Crippen molar-refractivity contribution in [2.45, 2.75) is 6.36 Å². The molecule has 14 heavy (non-hydrogen) atoms. The molecule has 0 fully saturated rings. The van der Waals surface area contributed by atoms with E-state index in [2.05, 4.69) is 20.7 Å². The van der Waals surface area contributed by atoms with Crippen LogP contribution in [0.15, 0.2) is 16.6 Å². The molecule has 78 valence electrons. The van der Waals surface area contributed by atoms with Gasteiger partial charge in [0, 0.05) is 5.69 Å². The number of rotatable bonds is 1. The van der Waals surface area contributed by atoms with Gasteiger partial charge in [0.1, 0.15) is 0 Å². The van der Waals surface area contributed by atoms with E-state index < -0.39 is 12.1 Å². The molecule has 0 heterocycles. The van der Waals surface area contributed by atoms with Gasteiger partial charge in [-0.05, 0) is 28.1 Å². The van der Waals surface area contributed by atoms with Crippen molar-refractivity contribution in [3.05, 3.63) is 16.6 Å². The first-order valence-electron chi connectivity index (χ1n) is 3.40. The monoisotopic (exact) mass is 270 g/mol. The van der Waals surface area contributed by atoms with Crippen molar-refractivity contribution >= 4 is 27.3 Å². The number of hydrogen-bond acceptors (Lipinski definition) is 3. The molecule has 3 nitrogen and oxygen atoms in total. The zero-order valence-corrected chi connectivity index (χ0v) is 8.32. The van der Waals surface area contributed by atoms with E-state index in [0.29, 0.717) is 0 Å². The maximum Gasteiger partial charge on any atom is 0.573 e. The number of benzene rings is 1. The summed E-state index contributed by atoms with van der Waals surface area (Å²) in [5, 5.41) is 0. The van der Waals surface area contributed by atoms with Crippen LogP contribution in [0, 0.1) is 0 Å². The van der Waals surface area contributed by atoms with Gasteiger partial charge in [0.25, 0.3) is 0 Å². The number of nitrogen functional groups attached to an aromatic ring is 2. The van der Waals surface area contributed by atoms with Crippen molar-refractivity contribution in [1.82, 2.24) is 0 Å². The standard InChI is InChI=1S/C7H6BrF3N2O/c8-5-3(12)1-2-4(13)6(5)14-7(9,10)11/h1-2H,12-13H2. The third-order valence-electron chi connectivity index (χ3n) is 1.38. The van der Waals surface area contributed by atoms with Gasteiger partial charge in [0.2, 0.25) is 0 Å². The number of anilines is 2. The van der Waals surface area contributed by atoms with E-state index in [1.807, 2.05) is 0 Å². The molecular weight excluding hydrogens is 265 g/mol. The van der Waals surface area contributed by atoms with Gasteiger partial charge in [-0.15, -0.1) is 13.2 Å². The average Bonchev–Trinajstić information content (AvgIpc) is 2.04. The van der Waals surface area contributed by atoms with E-state index in [0.717, 1.165) is 0 Å². The molecule has 0 unspecified atom stereocenters. The number of halogens is 4. The molecule has 0 aromatic heterocycles. The second-order valence-electron chi connectivity index (χ2n) is 2.43. The van der Waals surface area contributed by atoms with Crippen LogP contribution in [0.3, 0.4) is 0 Å². The molecule has 0 aliphatic carbocycles. The van der Waals surface area contributed by atoms with Crippen LogP contribution in [-0.2, 0) is 0 Å². The Balaban J connectivity index is 3.13. The van der Waals surface area contributed by atoms with Crippen molar-refractivity contribution in [1.29, 1.82) is 0 Å². The van der Waals surface area contributed by atoms with Gasteiger partial charge in [0.05, 0.1) is 10.2 Å². The Morgan fingerprint density at radius 2 is 1.64 bits per heavy atom. The predicted octanol–water partition coefficient (Wildman–Crippen LogP) is 2.51. The maximum absolute atomic E-state index is 11.9. The molecule has 1 rings (SSSR count). The highest BCUT2D eigenvalue weighted by Crippen LogP contribution is 2.38. The smallest absolute Gasteiger partial charge is 0.402 e. The van der Waals surface area contributed by atoms with Crippen molar-refractivity contribution < 1.29 is 17.9 Å². The molecule has 0 saturated heterocycles. The topological polar surface area (TPSA) is 61.3 Å². The van der Waals surface area contributed by atoms with Gasteiger partial charge in [-0.1, -0.05) is 0 Å². The zero-order chi connectivity index (χ0) is 10.9. The Bertz CT molecular complexity index is 354. The highest BCUT2D eigenvalue weighted by Gasteiger charge is 2.33. The molecule has 0 atom stereocenters. The fraction of sp³-hybridized carbons (Fsp3) is 0.143. The number of hydrogen-bond donors (Lipinski definition) is 2. The second-order valence-corrected chi connectivity index (χ2v) is 3.23. The molecular formula is C7H6BrF3N2O. The van der Waals surface area contributed by atoms with Gasteiger partial charge in [-0.3, -0.25) is 0 Å². The van der Waals surface area contributed by atoms with Gasteiger partial charge in [-0.2, -0.15) is 0 Å². The van der Waals surface area contributed by atoms with Crippen LogP contribution < -0.4 is 16.2 Å². The molecule has 0 aliphatic rings. The van der Waals surface area contributed by atoms with Crippen LogP contribution in [0.2, 0.25) is 0 Å². The largest absolute Gasteiger partial charge is 0.573 e. The van der Waals surface area contributed by atoms with E-state index in [4.69, 9.17) is 11.5 Å². The Labute approximate surface area is 86.0 Å². The summed E-state index contributed by atoms with van der Waals surface area (Å²) in [4.78, 5) is 0. The molecule has 0 bridgehead atoms. The maximum atomic E-state index is 11.9. The first kappa shape index (κ1) is 11.0. The number of ether oxygens (including phenoxy) is 1. The van der Waals surface area contributed by atoms with Crippen LogP contribution in [0.4, 0.5) is 24.5 Å². The molecule has 0 aliphatic heterocycles. The van der Waals surface area contributed by atoms with E-state index in [9.17, 15) is 13.2 Å². The summed E-state index contributed by atoms with van der Waals surface area (Å²) in [6.07, 6.45) is -4.79. The molecule has 4 N–H and O–H groups in total. The summed E-state index contributed by atoms with van der Waals surface area (Å²) >= 11 is 2.85. The Hall–Kier alpha value is -1.11. The van der Waals surface area contributed by atoms with Crippen LogP contribution in [-0.4, -0.2) is 6.36 Å². The van der Waals surface area contributed by atoms with E-state index >= 15 is 0 Å². The fourth-order valence-electron chi connectivity index (χ4n) is 0.806. The molecule has 1 aromatic rings. The number of nitrogens with two attached hydrogens (primary N) is 2. The first-order valence-corrected chi connectivity index (χ1v) is 4.20. The Kier molecular flexibility index (Phi) is 2.79. The summed E-state index contributed by atoms with van der Waals surface area (Å²) in [5.74, 6) is -0.516. The number of alkyl halides is 3. The molecule has 0 radical (unpaired) electrons. The lowest BCUT2D eigenvalue weighted by atomic mass is 10.2. The van der Waals surface area contributed by atoms with Crippen molar-refractivity contribution in [3.63, 3.8) is 0 Å². The molecule has 0 saturated carbocycles. The van der Waals surface area contributed by atoms with Crippen molar-refractivity contribution in [2.24, 2.45) is 0 Å². The van der Waals surface area contributed by atoms with Crippen LogP contribution in [0.25, 0.3) is 0 Å². The fourth-order valence-corrected chi connectivity index (χ4v) is 1.25. The lowest BCUT2D eigenvalue weighted by molar-refractivity contribution is -0.274. The minimum Gasteiger partial charge on any atom is -0.402 e. The summed E-state index contributed by atoms with van der Waals surface area (Å²) < 4.78 is 39.4. The van der Waals surface area contributed by atoms with Crippen molar-refractivity contribution in [3.8, 4) is 5.75 Å². The zero-order valence-electron chi connectivity index (χ0n) is 6.73. The first-order chi connectivity index (χ1) is 6.31. The van der Waals surface area contributed by atoms with E-state index in [-0.39, 0.29) is 15.8 Å². The highest BCUT2D eigenvalue weighted by molar-refractivity contribution is 9.10. The minimum absolute atomic E-state index is 0.00479. The van der Waals surface area contributed by atoms with E-state index in [1.54, 1.807) is 0 Å². The third-order valence-corrected chi connectivity index (χ3v) is 2.19. The lowest BCUT2D eigenvalue weighted by Gasteiger charge is -2.13. The van der Waals surface area contributed by atoms with E-state index in [1.165, 1.54) is 12.1 Å². The summed E-state index contributed by atoms with van der Waals surface area (Å²) in [7, 11) is 0. The average molecular weight is 271 g/mol. The van der Waals surface area contributed by atoms with Crippen LogP contribution in [0.5, 0.6) is 5.75 Å². The third kappa shape index (κ3) is 2.44. The minimum atomic E-state index is -4.79. The Morgan fingerprint density at radius 1 is 1.14 bits per heavy atom. The summed E-state index contributed by atoms with van der Waals surface area (Å²) in [6.45, 7) is 0. The molecule has 0 spiro atoms. The normalized spacial score (nSPS) is 11.4. The quantitative estimate of drug-likeness (QED) is 0.771. The molecule has 0 amide bonds. The lowest BCUT2D eigenvalue weighted by Crippen LogP contribution is -2.18. The predicted molar refractivity (Wildman–Crippen MR) is 49.6 cm³/mol. The highest BCUT2D eigenvalue weighted by atomic mass is 79.9. The summed E-state index contributed by atoms with van der Waals surface area (Å²) in [5.41, 5.74) is 10.6. The molecule has 7 heteroatoms. The second kappa shape index (κ2) is 3.56. The van der Waals surface area contributed by atoms with Gasteiger partial charge < -0.3 is 16.2 Å². The Morgan fingerprint density at radius 3 is 2.14 bits per heavy atom. The van der Waals surface area contributed by atoms with Crippen molar-refractivity contribution in [2.75, 3.05) is 11.5 Å². The summed E-state index contributed by atoms with van der Waals surface area (Å²) in [6, 6.07) is 2.61. The van der Waals surface area contributed by atoms with Crippen LogP contribution in [0.1, 0.15) is 0 Å².